The Kier molecular flexibility index (Phi) is 5.96. The molecule has 2 rings (SSSR count). The summed E-state index contributed by atoms with van der Waals surface area (Å²) in [5.41, 5.74) is 0.0821. The summed E-state index contributed by atoms with van der Waals surface area (Å²) in [6, 6.07) is 3.25. The Morgan fingerprint density at radius 2 is 1.91 bits per heavy atom. The maximum Gasteiger partial charge on any atom is 0.308 e. The van der Waals surface area contributed by atoms with Gasteiger partial charge in [-0.25, -0.2) is 4.39 Å². The van der Waals surface area contributed by atoms with Gasteiger partial charge in [0.1, 0.15) is 11.6 Å². The smallest absolute Gasteiger partial charge is 0.308 e. The number of ether oxygens (including phenoxy) is 1. The molecule has 126 valence electrons. The predicted octanol–water partition coefficient (Wildman–Crippen LogP) is 2.99. The minimum absolute atomic E-state index is 0.0821. The Morgan fingerprint density at radius 3 is 2.57 bits per heavy atom. The van der Waals surface area contributed by atoms with Crippen LogP contribution in [0, 0.1) is 11.7 Å². The second-order valence-corrected chi connectivity index (χ2v) is 5.86. The Bertz CT molecular complexity index is 576. The molecule has 1 aromatic rings. The zero-order chi connectivity index (χ0) is 16.8. The fourth-order valence-corrected chi connectivity index (χ4v) is 3.06. The first kappa shape index (κ1) is 17.2. The van der Waals surface area contributed by atoms with E-state index in [2.05, 4.69) is 5.32 Å². The number of carbonyl (C=O) groups is 2. The predicted molar refractivity (Wildman–Crippen MR) is 83.0 cm³/mol. The second-order valence-electron chi connectivity index (χ2n) is 5.86. The summed E-state index contributed by atoms with van der Waals surface area (Å²) in [5.74, 6) is -2.29. The highest BCUT2D eigenvalue weighted by Crippen LogP contribution is 2.25. The molecule has 0 heterocycles. The van der Waals surface area contributed by atoms with Crippen molar-refractivity contribution in [2.24, 2.45) is 5.92 Å². The number of benzene rings is 1. The van der Waals surface area contributed by atoms with Gasteiger partial charge in [0.05, 0.1) is 18.6 Å². The lowest BCUT2D eigenvalue weighted by Crippen LogP contribution is -2.44. The molecule has 1 aliphatic carbocycles. The van der Waals surface area contributed by atoms with E-state index in [1.54, 1.807) is 0 Å². The largest absolute Gasteiger partial charge is 0.496 e. The average Bonchev–Trinajstić information content (AvgIpc) is 2.49. The quantitative estimate of drug-likeness (QED) is 0.893. The zero-order valence-corrected chi connectivity index (χ0v) is 13.2. The van der Waals surface area contributed by atoms with Crippen LogP contribution in [0.3, 0.4) is 0 Å². The summed E-state index contributed by atoms with van der Waals surface area (Å²) in [6.07, 6.45) is 4.91. The standard InChI is InChI=1S/C17H22FNO4/c1-23-15-9-8-11(18)10-13(15)16(20)19-14-7-5-3-2-4-6-12(14)17(21)22/h8-10,12,14H,2-7H2,1H3,(H,19,20)(H,21,22). The molecule has 1 aliphatic rings. The van der Waals surface area contributed by atoms with Gasteiger partial charge in [-0.15, -0.1) is 0 Å². The number of hydrogen-bond acceptors (Lipinski definition) is 3. The molecule has 0 radical (unpaired) electrons. The molecule has 1 aromatic carbocycles. The number of rotatable bonds is 4. The average molecular weight is 323 g/mol. The summed E-state index contributed by atoms with van der Waals surface area (Å²) in [5, 5.41) is 12.2. The van der Waals surface area contributed by atoms with Crippen molar-refractivity contribution in [3.05, 3.63) is 29.6 Å². The lowest BCUT2D eigenvalue weighted by atomic mass is 9.86. The van der Waals surface area contributed by atoms with E-state index in [1.165, 1.54) is 19.2 Å². The van der Waals surface area contributed by atoms with Crippen LogP contribution in [0.15, 0.2) is 18.2 Å². The van der Waals surface area contributed by atoms with Gasteiger partial charge in [0.25, 0.3) is 5.91 Å². The summed E-state index contributed by atoms with van der Waals surface area (Å²) >= 11 is 0. The molecule has 1 saturated carbocycles. The zero-order valence-electron chi connectivity index (χ0n) is 13.2. The van der Waals surface area contributed by atoms with E-state index in [0.29, 0.717) is 12.8 Å². The van der Waals surface area contributed by atoms with Gasteiger partial charge in [0, 0.05) is 6.04 Å². The highest BCUT2D eigenvalue weighted by atomic mass is 19.1. The van der Waals surface area contributed by atoms with Crippen molar-refractivity contribution >= 4 is 11.9 Å². The maximum absolute atomic E-state index is 13.4. The molecule has 1 fully saturated rings. The van der Waals surface area contributed by atoms with Gasteiger partial charge in [-0.3, -0.25) is 9.59 Å². The topological polar surface area (TPSA) is 75.6 Å². The fourth-order valence-electron chi connectivity index (χ4n) is 3.06. The van der Waals surface area contributed by atoms with E-state index in [-0.39, 0.29) is 11.3 Å². The van der Waals surface area contributed by atoms with Crippen molar-refractivity contribution in [1.82, 2.24) is 5.32 Å². The molecule has 2 unspecified atom stereocenters. The molecule has 2 atom stereocenters. The number of hydrogen-bond donors (Lipinski definition) is 2. The number of carboxylic acid groups (broad SMARTS) is 1. The van der Waals surface area contributed by atoms with Crippen LogP contribution in [-0.2, 0) is 4.79 Å². The van der Waals surface area contributed by atoms with Gasteiger partial charge in [0.2, 0.25) is 0 Å². The number of methoxy groups -OCH3 is 1. The van der Waals surface area contributed by atoms with E-state index in [4.69, 9.17) is 4.74 Å². The number of nitrogens with one attached hydrogen (secondary N) is 1. The van der Waals surface area contributed by atoms with Crippen LogP contribution in [-0.4, -0.2) is 30.1 Å². The minimum atomic E-state index is -0.900. The summed E-state index contributed by atoms with van der Waals surface area (Å²) in [6.45, 7) is 0. The van der Waals surface area contributed by atoms with Crippen LogP contribution >= 0.6 is 0 Å². The van der Waals surface area contributed by atoms with Crippen molar-refractivity contribution in [3.8, 4) is 5.75 Å². The Labute approximate surface area is 134 Å². The van der Waals surface area contributed by atoms with E-state index < -0.39 is 29.7 Å². The Morgan fingerprint density at radius 1 is 1.22 bits per heavy atom. The third-order valence-electron chi connectivity index (χ3n) is 4.31. The molecule has 6 heteroatoms. The second kappa shape index (κ2) is 7.94. The molecule has 2 N–H and O–H groups in total. The molecular formula is C17H22FNO4. The van der Waals surface area contributed by atoms with Crippen molar-refractivity contribution in [1.29, 1.82) is 0 Å². The number of carboxylic acids is 1. The summed E-state index contributed by atoms with van der Waals surface area (Å²) in [4.78, 5) is 23.9. The summed E-state index contributed by atoms with van der Waals surface area (Å²) < 4.78 is 18.5. The number of carbonyl (C=O) groups excluding carboxylic acids is 1. The monoisotopic (exact) mass is 323 g/mol. The molecular weight excluding hydrogens is 301 g/mol. The van der Waals surface area contributed by atoms with Crippen molar-refractivity contribution in [3.63, 3.8) is 0 Å². The van der Waals surface area contributed by atoms with Crippen LogP contribution in [0.5, 0.6) is 5.75 Å². The number of aliphatic carboxylic acids is 1. The number of amides is 1. The molecule has 0 saturated heterocycles. The van der Waals surface area contributed by atoms with E-state index in [1.807, 2.05) is 0 Å². The van der Waals surface area contributed by atoms with Gasteiger partial charge in [-0.2, -0.15) is 0 Å². The number of halogens is 1. The van der Waals surface area contributed by atoms with E-state index in [9.17, 15) is 19.1 Å². The maximum atomic E-state index is 13.4. The SMILES string of the molecule is COc1ccc(F)cc1C(=O)NC1CCCCCCC1C(=O)O. The molecule has 0 spiro atoms. The lowest BCUT2D eigenvalue weighted by molar-refractivity contribution is -0.143. The molecule has 0 bridgehead atoms. The van der Waals surface area contributed by atoms with Crippen LogP contribution < -0.4 is 10.1 Å². The molecule has 23 heavy (non-hydrogen) atoms. The first-order valence-corrected chi connectivity index (χ1v) is 7.90. The Balaban J connectivity index is 2.18. The Hall–Kier alpha value is -2.11. The molecule has 1 amide bonds. The first-order chi connectivity index (χ1) is 11.0. The third-order valence-corrected chi connectivity index (χ3v) is 4.31. The van der Waals surface area contributed by atoms with E-state index >= 15 is 0 Å². The van der Waals surface area contributed by atoms with Crippen LogP contribution in [0.25, 0.3) is 0 Å². The molecule has 0 aromatic heterocycles. The van der Waals surface area contributed by atoms with Gasteiger partial charge < -0.3 is 15.2 Å². The van der Waals surface area contributed by atoms with Gasteiger partial charge in [0.15, 0.2) is 0 Å². The molecule has 5 nitrogen and oxygen atoms in total. The van der Waals surface area contributed by atoms with Crippen molar-refractivity contribution < 1.29 is 23.8 Å². The van der Waals surface area contributed by atoms with Crippen LogP contribution in [0.2, 0.25) is 0 Å². The summed E-state index contributed by atoms with van der Waals surface area (Å²) in [7, 11) is 1.40. The van der Waals surface area contributed by atoms with Crippen LogP contribution in [0.4, 0.5) is 4.39 Å². The first-order valence-electron chi connectivity index (χ1n) is 7.90. The van der Waals surface area contributed by atoms with Gasteiger partial charge in [-0.1, -0.05) is 25.7 Å². The lowest BCUT2D eigenvalue weighted by Gasteiger charge is -2.27. The van der Waals surface area contributed by atoms with Crippen molar-refractivity contribution in [2.45, 2.75) is 44.6 Å². The fraction of sp³-hybridized carbons (Fsp3) is 0.529. The third kappa shape index (κ3) is 4.43. The van der Waals surface area contributed by atoms with Gasteiger partial charge >= 0.3 is 5.97 Å². The van der Waals surface area contributed by atoms with Crippen molar-refractivity contribution in [2.75, 3.05) is 7.11 Å². The highest BCUT2D eigenvalue weighted by molar-refractivity contribution is 5.97. The normalized spacial score (nSPS) is 21.8. The molecule has 0 aliphatic heterocycles. The van der Waals surface area contributed by atoms with Crippen LogP contribution in [0.1, 0.15) is 48.9 Å². The van der Waals surface area contributed by atoms with E-state index in [0.717, 1.165) is 31.7 Å². The highest BCUT2D eigenvalue weighted by Gasteiger charge is 2.30. The minimum Gasteiger partial charge on any atom is -0.496 e. The van der Waals surface area contributed by atoms with Gasteiger partial charge in [-0.05, 0) is 31.0 Å².